The first-order chi connectivity index (χ1) is 10.0. The number of para-hydroxylation sites is 1. The molecule has 0 atom stereocenters. The van der Waals surface area contributed by atoms with Gasteiger partial charge in [-0.2, -0.15) is 0 Å². The van der Waals surface area contributed by atoms with E-state index in [-0.39, 0.29) is 17.3 Å². The molecule has 0 aliphatic rings. The second-order valence-corrected chi connectivity index (χ2v) is 4.74. The second-order valence-electron chi connectivity index (χ2n) is 3.93. The van der Waals surface area contributed by atoms with Crippen molar-refractivity contribution in [2.24, 2.45) is 0 Å². The van der Waals surface area contributed by atoms with Gasteiger partial charge in [-0.15, -0.1) is 0 Å². The predicted octanol–water partition coefficient (Wildman–Crippen LogP) is 3.87. The lowest BCUT2D eigenvalue weighted by Crippen LogP contribution is -2.08. The van der Waals surface area contributed by atoms with E-state index >= 15 is 0 Å². The molecule has 2 N–H and O–H groups in total. The number of nitrogens with one attached hydrogen (secondary N) is 2. The molecule has 1 aromatic heterocycles. The molecule has 110 valence electrons. The summed E-state index contributed by atoms with van der Waals surface area (Å²) in [6, 6.07) is 4.91. The van der Waals surface area contributed by atoms with Crippen LogP contribution in [0.4, 0.5) is 23.0 Å². The number of benzene rings is 1. The van der Waals surface area contributed by atoms with Gasteiger partial charge in [0.15, 0.2) is 0 Å². The third kappa shape index (κ3) is 3.32. The lowest BCUT2D eigenvalue weighted by molar-refractivity contribution is -0.383. The molecule has 1 heterocycles. The average Bonchev–Trinajstić information content (AvgIpc) is 2.43. The van der Waals surface area contributed by atoms with Gasteiger partial charge in [-0.25, -0.2) is 9.97 Å². The van der Waals surface area contributed by atoms with Gasteiger partial charge in [0.2, 0.25) is 11.6 Å². The fourth-order valence-electron chi connectivity index (χ4n) is 1.68. The summed E-state index contributed by atoms with van der Waals surface area (Å²) in [7, 11) is 0. The van der Waals surface area contributed by atoms with Crippen molar-refractivity contribution in [3.63, 3.8) is 0 Å². The van der Waals surface area contributed by atoms with Gasteiger partial charge in [-0.1, -0.05) is 29.3 Å². The molecule has 0 aliphatic carbocycles. The largest absolute Gasteiger partial charge is 0.364 e. The van der Waals surface area contributed by atoms with Crippen molar-refractivity contribution >= 4 is 46.2 Å². The van der Waals surface area contributed by atoms with E-state index in [1.54, 1.807) is 18.2 Å². The molecule has 0 saturated carbocycles. The van der Waals surface area contributed by atoms with Crippen molar-refractivity contribution in [2.45, 2.75) is 6.92 Å². The van der Waals surface area contributed by atoms with Crippen LogP contribution in [-0.4, -0.2) is 21.4 Å². The molecule has 0 saturated heterocycles. The highest BCUT2D eigenvalue weighted by molar-refractivity contribution is 6.39. The normalized spacial score (nSPS) is 10.2. The molecular formula is C12H11Cl2N5O2. The first-order valence-corrected chi connectivity index (χ1v) is 6.74. The number of aromatic nitrogens is 2. The van der Waals surface area contributed by atoms with Crippen molar-refractivity contribution < 1.29 is 4.92 Å². The van der Waals surface area contributed by atoms with Crippen LogP contribution in [0.3, 0.4) is 0 Å². The Balaban J connectivity index is 2.49. The maximum atomic E-state index is 11.3. The van der Waals surface area contributed by atoms with E-state index in [1.807, 2.05) is 6.92 Å². The van der Waals surface area contributed by atoms with Crippen LogP contribution in [0.25, 0.3) is 0 Å². The predicted molar refractivity (Wildman–Crippen MR) is 82.6 cm³/mol. The van der Waals surface area contributed by atoms with Gasteiger partial charge in [0.05, 0.1) is 20.7 Å². The Kier molecular flexibility index (Phi) is 4.77. The Morgan fingerprint density at radius 2 is 1.86 bits per heavy atom. The van der Waals surface area contributed by atoms with E-state index in [1.165, 1.54) is 6.33 Å². The Hall–Kier alpha value is -2.12. The highest BCUT2D eigenvalue weighted by atomic mass is 35.5. The molecule has 21 heavy (non-hydrogen) atoms. The molecule has 0 unspecified atom stereocenters. The van der Waals surface area contributed by atoms with E-state index < -0.39 is 4.92 Å². The quantitative estimate of drug-likeness (QED) is 0.639. The van der Waals surface area contributed by atoms with Gasteiger partial charge >= 0.3 is 5.69 Å². The van der Waals surface area contributed by atoms with Crippen molar-refractivity contribution in [1.29, 1.82) is 0 Å². The summed E-state index contributed by atoms with van der Waals surface area (Å²) in [6.45, 7) is 2.30. The van der Waals surface area contributed by atoms with E-state index in [0.29, 0.717) is 22.3 Å². The molecule has 0 bridgehead atoms. The maximum Gasteiger partial charge on any atom is 0.353 e. The molecule has 2 rings (SSSR count). The van der Waals surface area contributed by atoms with Crippen molar-refractivity contribution in [3.05, 3.63) is 44.7 Å². The fraction of sp³-hybridized carbons (Fsp3) is 0.167. The van der Waals surface area contributed by atoms with Gasteiger partial charge in [0, 0.05) is 6.54 Å². The SMILES string of the molecule is CCNc1ncnc(Nc2c(Cl)cccc2Cl)c1[N+](=O)[O-]. The van der Waals surface area contributed by atoms with Crippen molar-refractivity contribution in [3.8, 4) is 0 Å². The summed E-state index contributed by atoms with van der Waals surface area (Å²) in [5, 5.41) is 17.5. The van der Waals surface area contributed by atoms with Crippen LogP contribution in [0.1, 0.15) is 6.92 Å². The number of nitrogens with zero attached hydrogens (tertiary/aromatic N) is 3. The van der Waals surface area contributed by atoms with Crippen LogP contribution in [0, 0.1) is 10.1 Å². The zero-order valence-electron chi connectivity index (χ0n) is 10.9. The topological polar surface area (TPSA) is 93.0 Å². The van der Waals surface area contributed by atoms with Gasteiger partial charge in [0.1, 0.15) is 6.33 Å². The number of hydrogen-bond donors (Lipinski definition) is 2. The first kappa shape index (κ1) is 15.3. The minimum absolute atomic E-state index is 0.0148. The van der Waals surface area contributed by atoms with Crippen LogP contribution in [-0.2, 0) is 0 Å². The highest BCUT2D eigenvalue weighted by Crippen LogP contribution is 2.36. The smallest absolute Gasteiger partial charge is 0.353 e. The summed E-state index contributed by atoms with van der Waals surface area (Å²) >= 11 is 12.1. The van der Waals surface area contributed by atoms with E-state index in [4.69, 9.17) is 23.2 Å². The van der Waals surface area contributed by atoms with E-state index in [2.05, 4.69) is 20.6 Å². The summed E-state index contributed by atoms with van der Waals surface area (Å²) in [5.74, 6) is 0.143. The zero-order valence-corrected chi connectivity index (χ0v) is 12.4. The summed E-state index contributed by atoms with van der Waals surface area (Å²) in [6.07, 6.45) is 1.22. The number of hydrogen-bond acceptors (Lipinski definition) is 6. The summed E-state index contributed by atoms with van der Waals surface area (Å²) in [4.78, 5) is 18.5. The molecule has 0 amide bonds. The third-order valence-electron chi connectivity index (χ3n) is 2.56. The Morgan fingerprint density at radius 3 is 2.43 bits per heavy atom. The summed E-state index contributed by atoms with van der Waals surface area (Å²) in [5.41, 5.74) is 0.0837. The second kappa shape index (κ2) is 6.55. The molecule has 9 heteroatoms. The maximum absolute atomic E-state index is 11.3. The molecular weight excluding hydrogens is 317 g/mol. The van der Waals surface area contributed by atoms with E-state index in [0.717, 1.165) is 0 Å². The van der Waals surface area contributed by atoms with Crippen molar-refractivity contribution in [1.82, 2.24) is 9.97 Å². The molecule has 0 aliphatic heterocycles. The number of nitro groups is 1. The van der Waals surface area contributed by atoms with E-state index in [9.17, 15) is 10.1 Å². The molecule has 2 aromatic rings. The van der Waals surface area contributed by atoms with Crippen LogP contribution in [0.2, 0.25) is 10.0 Å². The molecule has 0 fully saturated rings. The fourth-order valence-corrected chi connectivity index (χ4v) is 2.17. The number of halogens is 2. The van der Waals surface area contributed by atoms with Crippen LogP contribution < -0.4 is 10.6 Å². The van der Waals surface area contributed by atoms with Gasteiger partial charge in [-0.05, 0) is 19.1 Å². The Morgan fingerprint density at radius 1 is 1.24 bits per heavy atom. The first-order valence-electron chi connectivity index (χ1n) is 5.99. The monoisotopic (exact) mass is 327 g/mol. The molecule has 0 radical (unpaired) electrons. The standard InChI is InChI=1S/C12H11Cl2N5O2/c1-2-15-11-10(19(20)21)12(17-6-16-11)18-9-7(13)4-3-5-8(9)14/h3-6H,2H2,1H3,(H2,15,16,17,18). The van der Waals surface area contributed by atoms with Crippen LogP contribution >= 0.6 is 23.2 Å². The van der Waals surface area contributed by atoms with Crippen LogP contribution in [0.15, 0.2) is 24.5 Å². The molecule has 1 aromatic carbocycles. The molecule has 7 nitrogen and oxygen atoms in total. The lowest BCUT2D eigenvalue weighted by Gasteiger charge is -2.11. The van der Waals surface area contributed by atoms with Gasteiger partial charge < -0.3 is 10.6 Å². The summed E-state index contributed by atoms with van der Waals surface area (Å²) < 4.78 is 0. The Labute approximate surface area is 130 Å². The zero-order chi connectivity index (χ0) is 15.4. The number of rotatable bonds is 5. The van der Waals surface area contributed by atoms with Crippen LogP contribution in [0.5, 0.6) is 0 Å². The minimum Gasteiger partial charge on any atom is -0.364 e. The van der Waals surface area contributed by atoms with Crippen molar-refractivity contribution in [2.75, 3.05) is 17.2 Å². The third-order valence-corrected chi connectivity index (χ3v) is 3.19. The van der Waals surface area contributed by atoms with Gasteiger partial charge in [0.25, 0.3) is 0 Å². The molecule has 0 spiro atoms. The minimum atomic E-state index is -0.564. The van der Waals surface area contributed by atoms with Gasteiger partial charge in [-0.3, -0.25) is 10.1 Å². The average molecular weight is 328 g/mol. The number of anilines is 3. The Bertz CT molecular complexity index is 660. The lowest BCUT2D eigenvalue weighted by atomic mass is 10.3. The highest BCUT2D eigenvalue weighted by Gasteiger charge is 2.23.